The SMILES string of the molecule is CCN1C(=O)N[C@@H](c2cccc([N+](=O)[O-])c2)C2=C1CN([C@@H](CC(C)C)C(=O)NCC(C)C)C2=O. The maximum absolute atomic E-state index is 13.8. The average molecular weight is 472 g/mol. The minimum absolute atomic E-state index is 0.125. The minimum Gasteiger partial charge on any atom is -0.354 e. The summed E-state index contributed by atoms with van der Waals surface area (Å²) in [6, 6.07) is 4.02. The van der Waals surface area contributed by atoms with E-state index in [1.807, 2.05) is 34.6 Å². The van der Waals surface area contributed by atoms with Gasteiger partial charge in [-0.2, -0.15) is 0 Å². The fourth-order valence-corrected chi connectivity index (χ4v) is 4.41. The van der Waals surface area contributed by atoms with Crippen LogP contribution in [0.2, 0.25) is 0 Å². The Balaban J connectivity index is 2.01. The second-order valence-corrected chi connectivity index (χ2v) is 9.56. The summed E-state index contributed by atoms with van der Waals surface area (Å²) in [7, 11) is 0. The molecule has 3 rings (SSSR count). The number of rotatable bonds is 9. The van der Waals surface area contributed by atoms with E-state index in [-0.39, 0.29) is 41.9 Å². The van der Waals surface area contributed by atoms with Crippen molar-refractivity contribution in [3.8, 4) is 0 Å². The van der Waals surface area contributed by atoms with E-state index in [1.165, 1.54) is 28.0 Å². The average Bonchev–Trinajstić information content (AvgIpc) is 3.11. The minimum atomic E-state index is -0.832. The molecular formula is C24H33N5O5. The lowest BCUT2D eigenvalue weighted by atomic mass is 9.95. The Morgan fingerprint density at radius 2 is 1.94 bits per heavy atom. The molecule has 2 aliphatic rings. The predicted octanol–water partition coefficient (Wildman–Crippen LogP) is 2.96. The van der Waals surface area contributed by atoms with Crippen molar-refractivity contribution in [1.82, 2.24) is 20.4 Å². The van der Waals surface area contributed by atoms with Gasteiger partial charge in [0, 0.05) is 25.2 Å². The third-order valence-corrected chi connectivity index (χ3v) is 6.04. The standard InChI is InChI=1S/C24H33N5O5/c1-6-27-19-13-28(18(10-14(2)3)22(30)25-12-15(4)5)23(31)20(19)21(26-24(27)32)16-8-7-9-17(11-16)29(33)34/h7-9,11,14-15,18,21H,6,10,12-13H2,1-5H3,(H,25,30)(H,26,32)/t18-,21-/m0/s1. The highest BCUT2D eigenvalue weighted by Crippen LogP contribution is 2.38. The molecule has 2 atom stereocenters. The first-order valence-electron chi connectivity index (χ1n) is 11.7. The lowest BCUT2D eigenvalue weighted by Gasteiger charge is -2.32. The van der Waals surface area contributed by atoms with Crippen LogP contribution in [0.25, 0.3) is 0 Å². The zero-order valence-corrected chi connectivity index (χ0v) is 20.3. The highest BCUT2D eigenvalue weighted by Gasteiger charge is 2.47. The van der Waals surface area contributed by atoms with Gasteiger partial charge in [0.2, 0.25) is 5.91 Å². The third-order valence-electron chi connectivity index (χ3n) is 6.04. The number of benzene rings is 1. The largest absolute Gasteiger partial charge is 0.354 e. The summed E-state index contributed by atoms with van der Waals surface area (Å²) < 4.78 is 0. The van der Waals surface area contributed by atoms with Crippen LogP contribution in [0, 0.1) is 22.0 Å². The first kappa shape index (κ1) is 25.2. The van der Waals surface area contributed by atoms with Crippen molar-refractivity contribution < 1.29 is 19.3 Å². The van der Waals surface area contributed by atoms with Crippen molar-refractivity contribution >= 4 is 23.5 Å². The van der Waals surface area contributed by atoms with Crippen LogP contribution in [0.3, 0.4) is 0 Å². The molecule has 0 unspecified atom stereocenters. The Morgan fingerprint density at radius 3 is 2.53 bits per heavy atom. The Hall–Kier alpha value is -3.43. The molecule has 184 valence electrons. The number of hydrogen-bond acceptors (Lipinski definition) is 5. The van der Waals surface area contributed by atoms with Crippen LogP contribution in [0.15, 0.2) is 35.5 Å². The Bertz CT molecular complexity index is 1020. The van der Waals surface area contributed by atoms with Crippen LogP contribution in [0.5, 0.6) is 0 Å². The molecule has 0 aliphatic carbocycles. The van der Waals surface area contributed by atoms with Crippen molar-refractivity contribution in [2.75, 3.05) is 19.6 Å². The number of non-ortho nitro benzene ring substituents is 1. The molecule has 2 heterocycles. The molecule has 0 saturated heterocycles. The highest BCUT2D eigenvalue weighted by molar-refractivity contribution is 6.03. The van der Waals surface area contributed by atoms with Gasteiger partial charge in [-0.05, 0) is 30.7 Å². The van der Waals surface area contributed by atoms with Crippen molar-refractivity contribution in [3.63, 3.8) is 0 Å². The molecule has 0 bridgehead atoms. The molecule has 10 nitrogen and oxygen atoms in total. The van der Waals surface area contributed by atoms with Gasteiger partial charge in [0.25, 0.3) is 11.6 Å². The highest BCUT2D eigenvalue weighted by atomic mass is 16.6. The number of nitrogens with zero attached hydrogens (tertiary/aromatic N) is 3. The molecule has 0 spiro atoms. The van der Waals surface area contributed by atoms with Crippen LogP contribution in [0.1, 0.15) is 52.6 Å². The van der Waals surface area contributed by atoms with Crippen molar-refractivity contribution in [2.24, 2.45) is 11.8 Å². The van der Waals surface area contributed by atoms with Gasteiger partial charge in [-0.1, -0.05) is 39.8 Å². The predicted molar refractivity (Wildman–Crippen MR) is 127 cm³/mol. The molecule has 0 aromatic heterocycles. The zero-order valence-electron chi connectivity index (χ0n) is 20.3. The van der Waals surface area contributed by atoms with E-state index < -0.39 is 17.0 Å². The van der Waals surface area contributed by atoms with Crippen LogP contribution < -0.4 is 10.6 Å². The third kappa shape index (κ3) is 5.05. The molecule has 34 heavy (non-hydrogen) atoms. The number of nitro benzene ring substituents is 1. The van der Waals surface area contributed by atoms with Gasteiger partial charge in [0.15, 0.2) is 0 Å². The lowest BCUT2D eigenvalue weighted by molar-refractivity contribution is -0.384. The fourth-order valence-electron chi connectivity index (χ4n) is 4.41. The maximum atomic E-state index is 13.8. The van der Waals surface area contributed by atoms with Gasteiger partial charge < -0.3 is 15.5 Å². The van der Waals surface area contributed by atoms with Crippen LogP contribution in [-0.4, -0.2) is 58.2 Å². The first-order chi connectivity index (χ1) is 16.0. The second kappa shape index (κ2) is 10.2. The molecule has 2 N–H and O–H groups in total. The number of nitro groups is 1. The molecule has 2 aliphatic heterocycles. The van der Waals surface area contributed by atoms with Gasteiger partial charge in [-0.3, -0.25) is 24.6 Å². The van der Waals surface area contributed by atoms with Crippen LogP contribution >= 0.6 is 0 Å². The van der Waals surface area contributed by atoms with Gasteiger partial charge in [-0.15, -0.1) is 0 Å². The number of likely N-dealkylation sites (N-methyl/N-ethyl adjacent to an activating group) is 1. The lowest BCUT2D eigenvalue weighted by Crippen LogP contribution is -2.50. The van der Waals surface area contributed by atoms with Crippen LogP contribution in [-0.2, 0) is 9.59 Å². The van der Waals surface area contributed by atoms with E-state index in [1.54, 1.807) is 6.07 Å². The topological polar surface area (TPSA) is 125 Å². The van der Waals surface area contributed by atoms with E-state index in [4.69, 9.17) is 0 Å². The summed E-state index contributed by atoms with van der Waals surface area (Å²) in [5, 5.41) is 17.1. The monoisotopic (exact) mass is 471 g/mol. The normalized spacial score (nSPS) is 19.0. The molecule has 1 aromatic rings. The number of nitrogens with one attached hydrogen (secondary N) is 2. The molecule has 10 heteroatoms. The van der Waals surface area contributed by atoms with Crippen LogP contribution in [0.4, 0.5) is 10.5 Å². The van der Waals surface area contributed by atoms with Gasteiger partial charge in [-0.25, -0.2) is 4.79 Å². The fraction of sp³-hybridized carbons (Fsp3) is 0.542. The molecule has 4 amide bonds. The smallest absolute Gasteiger partial charge is 0.322 e. The Kier molecular flexibility index (Phi) is 7.58. The molecule has 1 aromatic carbocycles. The molecule has 0 fully saturated rings. The Morgan fingerprint density at radius 1 is 1.24 bits per heavy atom. The van der Waals surface area contributed by atoms with Crippen molar-refractivity contribution in [3.05, 3.63) is 51.2 Å². The molecular weight excluding hydrogens is 438 g/mol. The first-order valence-corrected chi connectivity index (χ1v) is 11.7. The quantitative estimate of drug-likeness (QED) is 0.423. The van der Waals surface area contributed by atoms with E-state index in [0.717, 1.165) is 0 Å². The van der Waals surface area contributed by atoms with Crippen molar-refractivity contribution in [1.29, 1.82) is 0 Å². The summed E-state index contributed by atoms with van der Waals surface area (Å²) in [5.74, 6) is -0.130. The molecule has 0 radical (unpaired) electrons. The summed E-state index contributed by atoms with van der Waals surface area (Å²) in [5.41, 5.74) is 1.22. The summed E-state index contributed by atoms with van der Waals surface area (Å²) in [6.07, 6.45) is 0.477. The van der Waals surface area contributed by atoms with Gasteiger partial charge in [0.1, 0.15) is 6.04 Å². The van der Waals surface area contributed by atoms with E-state index in [0.29, 0.717) is 36.3 Å². The molecule has 0 saturated carbocycles. The summed E-state index contributed by atoms with van der Waals surface area (Å²) in [6.45, 7) is 10.8. The van der Waals surface area contributed by atoms with E-state index >= 15 is 0 Å². The van der Waals surface area contributed by atoms with E-state index in [9.17, 15) is 24.5 Å². The maximum Gasteiger partial charge on any atom is 0.322 e. The zero-order chi connectivity index (χ0) is 25.2. The summed E-state index contributed by atoms with van der Waals surface area (Å²) in [4.78, 5) is 53.6. The number of urea groups is 1. The van der Waals surface area contributed by atoms with Crippen molar-refractivity contribution in [2.45, 2.75) is 53.1 Å². The Labute approximate surface area is 199 Å². The van der Waals surface area contributed by atoms with E-state index in [2.05, 4.69) is 10.6 Å². The number of carbonyl (C=O) groups excluding carboxylic acids is 3. The van der Waals surface area contributed by atoms with Gasteiger partial charge >= 0.3 is 6.03 Å². The number of hydrogen-bond donors (Lipinski definition) is 2. The summed E-state index contributed by atoms with van der Waals surface area (Å²) >= 11 is 0. The second-order valence-electron chi connectivity index (χ2n) is 9.56. The number of amides is 4. The number of carbonyl (C=O) groups is 3. The van der Waals surface area contributed by atoms with Gasteiger partial charge in [0.05, 0.1) is 28.8 Å².